The largest absolute Gasteiger partial charge is 0.383 e. The van der Waals surface area contributed by atoms with Crippen LogP contribution in [0.1, 0.15) is 17.3 Å². The predicted molar refractivity (Wildman–Crippen MR) is 59.7 cm³/mol. The van der Waals surface area contributed by atoms with Crippen LogP contribution in [0.3, 0.4) is 0 Å². The van der Waals surface area contributed by atoms with Crippen LogP contribution in [0, 0.1) is 0 Å². The molecule has 0 fully saturated rings. The fraction of sp³-hybridized carbons (Fsp3) is 0.300. The molecule has 0 saturated heterocycles. The lowest BCUT2D eigenvalue weighted by Crippen LogP contribution is -2.34. The molecule has 2 amide bonds. The van der Waals surface area contributed by atoms with Crippen molar-refractivity contribution in [2.24, 2.45) is 0 Å². The Hall–Kier alpha value is -2.11. The Morgan fingerprint density at radius 3 is 2.69 bits per heavy atom. The first-order valence-corrected chi connectivity index (χ1v) is 4.84. The number of nitrogens with two attached hydrogens (primary N) is 1. The van der Waals surface area contributed by atoms with Gasteiger partial charge in [-0.1, -0.05) is 0 Å². The number of amides is 2. The summed E-state index contributed by atoms with van der Waals surface area (Å²) >= 11 is 0. The second-order valence-corrected chi connectivity index (χ2v) is 3.18. The van der Waals surface area contributed by atoms with E-state index in [1.165, 1.54) is 13.1 Å². The number of rotatable bonds is 4. The highest BCUT2D eigenvalue weighted by Crippen LogP contribution is 2.05. The number of carbonyl (C=O) groups is 2. The summed E-state index contributed by atoms with van der Waals surface area (Å²) < 4.78 is 0. The van der Waals surface area contributed by atoms with Crippen LogP contribution in [-0.2, 0) is 4.79 Å². The third-order valence-corrected chi connectivity index (χ3v) is 1.87. The molecule has 6 heteroatoms. The monoisotopic (exact) mass is 222 g/mol. The van der Waals surface area contributed by atoms with Gasteiger partial charge in [0.15, 0.2) is 0 Å². The molecule has 1 heterocycles. The highest BCUT2D eigenvalue weighted by Gasteiger charge is 2.08. The molecule has 1 aromatic rings. The van der Waals surface area contributed by atoms with Crippen LogP contribution < -0.4 is 16.4 Å². The van der Waals surface area contributed by atoms with Gasteiger partial charge in [-0.2, -0.15) is 0 Å². The van der Waals surface area contributed by atoms with Gasteiger partial charge < -0.3 is 16.4 Å². The fourth-order valence-electron chi connectivity index (χ4n) is 1.12. The summed E-state index contributed by atoms with van der Waals surface area (Å²) in [6.07, 6.45) is 1.52. The van der Waals surface area contributed by atoms with Crippen LogP contribution in [0.2, 0.25) is 0 Å². The zero-order valence-electron chi connectivity index (χ0n) is 8.99. The van der Waals surface area contributed by atoms with Gasteiger partial charge in [-0.25, -0.2) is 4.98 Å². The maximum atomic E-state index is 11.6. The Labute approximate surface area is 93.2 Å². The van der Waals surface area contributed by atoms with Gasteiger partial charge in [0.05, 0.1) is 5.56 Å². The maximum Gasteiger partial charge on any atom is 0.255 e. The van der Waals surface area contributed by atoms with E-state index in [9.17, 15) is 9.59 Å². The normalized spacial score (nSPS) is 9.56. The van der Waals surface area contributed by atoms with Gasteiger partial charge in [-0.05, 0) is 12.1 Å². The van der Waals surface area contributed by atoms with Gasteiger partial charge in [0.25, 0.3) is 5.91 Å². The van der Waals surface area contributed by atoms with Gasteiger partial charge in [-0.15, -0.1) is 0 Å². The van der Waals surface area contributed by atoms with Crippen molar-refractivity contribution in [3.05, 3.63) is 23.9 Å². The van der Waals surface area contributed by atoms with Gasteiger partial charge >= 0.3 is 0 Å². The summed E-state index contributed by atoms with van der Waals surface area (Å²) in [6, 6.07) is 3.23. The Morgan fingerprint density at radius 2 is 2.06 bits per heavy atom. The number of pyridine rings is 1. The van der Waals surface area contributed by atoms with Crippen molar-refractivity contribution in [3.63, 3.8) is 0 Å². The van der Waals surface area contributed by atoms with Crippen LogP contribution in [0.15, 0.2) is 18.3 Å². The lowest BCUT2D eigenvalue weighted by molar-refractivity contribution is -0.118. The van der Waals surface area contributed by atoms with Crippen LogP contribution in [-0.4, -0.2) is 29.9 Å². The molecule has 4 N–H and O–H groups in total. The molecule has 0 aliphatic carbocycles. The number of nitrogen functional groups attached to an aromatic ring is 1. The van der Waals surface area contributed by atoms with E-state index in [1.54, 1.807) is 12.1 Å². The minimum absolute atomic E-state index is 0.129. The highest BCUT2D eigenvalue weighted by atomic mass is 16.2. The van der Waals surface area contributed by atoms with Crippen molar-refractivity contribution in [1.29, 1.82) is 0 Å². The quantitative estimate of drug-likeness (QED) is 0.600. The van der Waals surface area contributed by atoms with Crippen LogP contribution in [0.5, 0.6) is 0 Å². The lowest BCUT2D eigenvalue weighted by Gasteiger charge is -2.06. The van der Waals surface area contributed by atoms with Crippen molar-refractivity contribution in [3.8, 4) is 0 Å². The van der Waals surface area contributed by atoms with Crippen molar-refractivity contribution < 1.29 is 9.59 Å². The maximum absolute atomic E-state index is 11.6. The van der Waals surface area contributed by atoms with Crippen molar-refractivity contribution >= 4 is 17.6 Å². The number of hydrogen-bond acceptors (Lipinski definition) is 4. The molecule has 0 saturated carbocycles. The molecule has 0 atom stereocenters. The molecule has 1 aromatic heterocycles. The molecule has 0 aliphatic rings. The van der Waals surface area contributed by atoms with Crippen LogP contribution >= 0.6 is 0 Å². The summed E-state index contributed by atoms with van der Waals surface area (Å²) in [5, 5.41) is 5.19. The molecule has 86 valence electrons. The molecule has 0 aliphatic heterocycles. The van der Waals surface area contributed by atoms with E-state index >= 15 is 0 Å². The van der Waals surface area contributed by atoms with Gasteiger partial charge in [0, 0.05) is 26.2 Å². The summed E-state index contributed by atoms with van der Waals surface area (Å²) in [5.74, 6) is -0.231. The van der Waals surface area contributed by atoms with Crippen molar-refractivity contribution in [2.75, 3.05) is 18.8 Å². The predicted octanol–water partition coefficient (Wildman–Crippen LogP) is -0.470. The molecule has 0 unspecified atom stereocenters. The molecular weight excluding hydrogens is 208 g/mol. The van der Waals surface area contributed by atoms with E-state index in [4.69, 9.17) is 5.73 Å². The number of anilines is 1. The summed E-state index contributed by atoms with van der Waals surface area (Å²) in [5.41, 5.74) is 5.87. The Kier molecular flexibility index (Phi) is 4.26. The van der Waals surface area contributed by atoms with Crippen molar-refractivity contribution in [2.45, 2.75) is 6.92 Å². The molecule has 6 nitrogen and oxygen atoms in total. The molecule has 0 spiro atoms. The van der Waals surface area contributed by atoms with Gasteiger partial charge in [0.2, 0.25) is 5.91 Å². The molecule has 0 bridgehead atoms. The zero-order chi connectivity index (χ0) is 12.0. The summed E-state index contributed by atoms with van der Waals surface area (Å²) in [4.78, 5) is 25.9. The lowest BCUT2D eigenvalue weighted by atomic mass is 10.2. The first kappa shape index (κ1) is 12.0. The number of aromatic nitrogens is 1. The second-order valence-electron chi connectivity index (χ2n) is 3.18. The third kappa shape index (κ3) is 3.56. The van der Waals surface area contributed by atoms with Gasteiger partial charge in [0.1, 0.15) is 5.82 Å². The standard InChI is InChI=1S/C10H14N4O2/c1-7(15)12-5-6-14-10(16)8-3-2-4-13-9(8)11/h2-4H,5-6H2,1H3,(H2,11,13)(H,12,15)(H,14,16). The van der Waals surface area contributed by atoms with Crippen molar-refractivity contribution in [1.82, 2.24) is 15.6 Å². The Bertz CT molecular complexity index is 392. The zero-order valence-corrected chi connectivity index (χ0v) is 8.99. The van der Waals surface area contributed by atoms with E-state index in [-0.39, 0.29) is 17.6 Å². The van der Waals surface area contributed by atoms with Crippen LogP contribution in [0.25, 0.3) is 0 Å². The van der Waals surface area contributed by atoms with E-state index in [0.29, 0.717) is 18.7 Å². The third-order valence-electron chi connectivity index (χ3n) is 1.87. The Morgan fingerprint density at radius 1 is 1.38 bits per heavy atom. The average molecular weight is 222 g/mol. The average Bonchev–Trinajstić information content (AvgIpc) is 2.24. The number of nitrogens with one attached hydrogen (secondary N) is 2. The van der Waals surface area contributed by atoms with Gasteiger partial charge in [-0.3, -0.25) is 9.59 Å². The summed E-state index contributed by atoms with van der Waals surface area (Å²) in [6.45, 7) is 2.16. The number of hydrogen-bond donors (Lipinski definition) is 3. The highest BCUT2D eigenvalue weighted by molar-refractivity contribution is 5.98. The van der Waals surface area contributed by atoms with E-state index in [1.807, 2.05) is 0 Å². The first-order chi connectivity index (χ1) is 7.61. The fourth-order valence-corrected chi connectivity index (χ4v) is 1.12. The molecule has 1 rings (SSSR count). The van der Waals surface area contributed by atoms with E-state index < -0.39 is 0 Å². The molecule has 0 radical (unpaired) electrons. The molecule has 0 aromatic carbocycles. The minimum atomic E-state index is -0.295. The topological polar surface area (TPSA) is 97.1 Å². The van der Waals surface area contributed by atoms with Crippen LogP contribution in [0.4, 0.5) is 5.82 Å². The molecular formula is C10H14N4O2. The SMILES string of the molecule is CC(=O)NCCNC(=O)c1cccnc1N. The number of carbonyl (C=O) groups excluding carboxylic acids is 2. The second kappa shape index (κ2) is 5.69. The summed E-state index contributed by atoms with van der Waals surface area (Å²) in [7, 11) is 0. The van der Waals surface area contributed by atoms with E-state index in [2.05, 4.69) is 15.6 Å². The minimum Gasteiger partial charge on any atom is -0.383 e. The number of nitrogens with zero attached hydrogens (tertiary/aromatic N) is 1. The Balaban J connectivity index is 2.41. The first-order valence-electron chi connectivity index (χ1n) is 4.84. The van der Waals surface area contributed by atoms with E-state index in [0.717, 1.165) is 0 Å². The molecule has 16 heavy (non-hydrogen) atoms. The smallest absolute Gasteiger partial charge is 0.255 e.